The first-order valence-corrected chi connectivity index (χ1v) is 17.7. The minimum Gasteiger partial charge on any atom is -0.463 e. The smallest absolute Gasteiger partial charge is 0.302 e. The molecule has 1 N–H and O–H groups in total. The molecule has 0 radical (unpaired) electrons. The third-order valence-corrected chi connectivity index (χ3v) is 9.88. The highest BCUT2D eigenvalue weighted by Gasteiger charge is 2.46. The lowest BCUT2D eigenvalue weighted by molar-refractivity contribution is -0.142. The number of amides is 2. The van der Waals surface area contributed by atoms with Crippen molar-refractivity contribution in [2.75, 3.05) is 44.4 Å². The predicted octanol–water partition coefficient (Wildman–Crippen LogP) is 4.73. The largest absolute Gasteiger partial charge is 0.463 e. The molecule has 1 saturated heterocycles. The van der Waals surface area contributed by atoms with Gasteiger partial charge < -0.3 is 19.7 Å². The first kappa shape index (κ1) is 36.4. The molecule has 0 unspecified atom stereocenters. The molecule has 2 aliphatic heterocycles. The van der Waals surface area contributed by atoms with Crippen molar-refractivity contribution in [3.05, 3.63) is 34.7 Å². The van der Waals surface area contributed by atoms with Crippen molar-refractivity contribution in [3.8, 4) is 0 Å². The summed E-state index contributed by atoms with van der Waals surface area (Å²) in [4.78, 5) is 42.3. The predicted molar refractivity (Wildman–Crippen MR) is 176 cm³/mol. The second-order valence-electron chi connectivity index (χ2n) is 11.8. The fourth-order valence-corrected chi connectivity index (χ4v) is 6.81. The Kier molecular flexibility index (Phi) is 14.2. The Balaban J connectivity index is 1.52. The van der Waals surface area contributed by atoms with Gasteiger partial charge in [0.25, 0.3) is 5.91 Å². The van der Waals surface area contributed by atoms with E-state index >= 15 is 0 Å². The minimum atomic E-state index is -3.71. The molecule has 0 saturated carbocycles. The Labute approximate surface area is 268 Å². The van der Waals surface area contributed by atoms with Crippen molar-refractivity contribution >= 4 is 45.4 Å². The average molecular weight is 647 g/mol. The molecule has 12 heteroatoms. The van der Waals surface area contributed by atoms with E-state index in [1.54, 1.807) is 23.1 Å². The molecular weight excluding hydrogens is 596 g/mol. The van der Waals surface area contributed by atoms with Gasteiger partial charge in [0, 0.05) is 51.0 Å². The highest BCUT2D eigenvalue weighted by atomic mass is 32.2. The SMILES string of the molecule is CCCCCCCCCC1=NC2(CCN(S(=O)(=O)/C=C/c3ccc(N(CCOCCOC(C)=O)C(C)=O)cc3C)CC2)C(=O)N1. The molecule has 2 heterocycles. The van der Waals surface area contributed by atoms with Crippen LogP contribution in [0, 0.1) is 6.92 Å². The Morgan fingerprint density at radius 1 is 1.04 bits per heavy atom. The van der Waals surface area contributed by atoms with Crippen LogP contribution < -0.4 is 10.2 Å². The summed E-state index contributed by atoms with van der Waals surface area (Å²) in [5.41, 5.74) is 1.33. The van der Waals surface area contributed by atoms with Gasteiger partial charge in [-0.05, 0) is 55.5 Å². The van der Waals surface area contributed by atoms with E-state index in [0.29, 0.717) is 30.6 Å². The maximum Gasteiger partial charge on any atom is 0.302 e. The first-order valence-electron chi connectivity index (χ1n) is 16.2. The summed E-state index contributed by atoms with van der Waals surface area (Å²) in [6.07, 6.45) is 11.4. The van der Waals surface area contributed by atoms with E-state index in [-0.39, 0.29) is 50.7 Å². The number of benzene rings is 1. The summed E-state index contributed by atoms with van der Waals surface area (Å²) < 4.78 is 38.1. The number of amidine groups is 1. The molecule has 1 aromatic carbocycles. The van der Waals surface area contributed by atoms with Gasteiger partial charge in [0.15, 0.2) is 0 Å². The second kappa shape index (κ2) is 17.6. The maximum absolute atomic E-state index is 13.2. The quantitative estimate of drug-likeness (QED) is 0.180. The van der Waals surface area contributed by atoms with Crippen LogP contribution in [-0.4, -0.2) is 81.3 Å². The van der Waals surface area contributed by atoms with Gasteiger partial charge >= 0.3 is 5.97 Å². The lowest BCUT2D eigenvalue weighted by Gasteiger charge is -2.34. The molecule has 0 atom stereocenters. The maximum atomic E-state index is 13.2. The van der Waals surface area contributed by atoms with E-state index < -0.39 is 15.6 Å². The van der Waals surface area contributed by atoms with E-state index in [9.17, 15) is 22.8 Å². The Morgan fingerprint density at radius 2 is 1.73 bits per heavy atom. The molecule has 2 aliphatic rings. The minimum absolute atomic E-state index is 0.114. The number of nitrogens with one attached hydrogen (secondary N) is 1. The molecule has 1 aromatic rings. The van der Waals surface area contributed by atoms with Crippen LogP contribution in [0.2, 0.25) is 0 Å². The third-order valence-electron chi connectivity index (χ3n) is 8.31. The normalized spacial score (nSPS) is 16.6. The van der Waals surface area contributed by atoms with Crippen LogP contribution in [0.1, 0.15) is 96.1 Å². The summed E-state index contributed by atoms with van der Waals surface area (Å²) >= 11 is 0. The highest BCUT2D eigenvalue weighted by Crippen LogP contribution is 2.32. The van der Waals surface area contributed by atoms with Crippen LogP contribution in [0.5, 0.6) is 0 Å². The number of piperidine rings is 1. The molecule has 3 rings (SSSR count). The fourth-order valence-electron chi connectivity index (χ4n) is 5.63. The van der Waals surface area contributed by atoms with Gasteiger partial charge in [-0.15, -0.1) is 0 Å². The number of hydrogen-bond donors (Lipinski definition) is 1. The molecule has 250 valence electrons. The van der Waals surface area contributed by atoms with Crippen LogP contribution in [0.4, 0.5) is 5.69 Å². The zero-order valence-corrected chi connectivity index (χ0v) is 28.1. The summed E-state index contributed by atoms with van der Waals surface area (Å²) in [7, 11) is -3.71. The molecule has 0 bridgehead atoms. The lowest BCUT2D eigenvalue weighted by atomic mass is 9.89. The van der Waals surface area contributed by atoms with E-state index in [0.717, 1.165) is 30.7 Å². The van der Waals surface area contributed by atoms with Crippen molar-refractivity contribution in [2.24, 2.45) is 4.99 Å². The Hall–Kier alpha value is -3.09. The van der Waals surface area contributed by atoms with Crippen molar-refractivity contribution in [2.45, 2.75) is 97.4 Å². The summed E-state index contributed by atoms with van der Waals surface area (Å²) in [6, 6.07) is 5.38. The lowest BCUT2D eigenvalue weighted by Crippen LogP contribution is -2.50. The topological polar surface area (TPSA) is 135 Å². The first-order chi connectivity index (χ1) is 21.5. The molecule has 0 aliphatic carbocycles. The fraction of sp³-hybridized carbons (Fsp3) is 0.636. The van der Waals surface area contributed by atoms with Gasteiger partial charge in [0.1, 0.15) is 18.0 Å². The number of sulfonamides is 1. The molecule has 1 fully saturated rings. The van der Waals surface area contributed by atoms with Gasteiger partial charge in [-0.25, -0.2) is 8.42 Å². The molecule has 2 amide bonds. The van der Waals surface area contributed by atoms with Crippen LogP contribution >= 0.6 is 0 Å². The van der Waals surface area contributed by atoms with E-state index in [4.69, 9.17) is 14.5 Å². The molecule has 0 aromatic heterocycles. The van der Waals surface area contributed by atoms with Crippen LogP contribution in [0.15, 0.2) is 28.6 Å². The Morgan fingerprint density at radius 3 is 2.38 bits per heavy atom. The standard InChI is InChI=1S/C33H50N4O7S/c1-5-6-7-8-9-10-11-12-31-34-32(40)33(35-31)16-18-36(19-17-33)45(41,42)24-15-29-13-14-30(25-26(29)2)37(27(3)38)20-21-43-22-23-44-28(4)39/h13-15,24-25H,5-12,16-23H2,1-4H3,(H,34,35,40)/b24-15+. The van der Waals surface area contributed by atoms with Gasteiger partial charge in [-0.2, -0.15) is 4.31 Å². The number of aliphatic imine (C=N–C) groups is 1. The van der Waals surface area contributed by atoms with Gasteiger partial charge in [0.05, 0.1) is 13.2 Å². The van der Waals surface area contributed by atoms with Crippen molar-refractivity contribution in [3.63, 3.8) is 0 Å². The highest BCUT2D eigenvalue weighted by molar-refractivity contribution is 7.92. The summed E-state index contributed by atoms with van der Waals surface area (Å²) in [5.74, 6) is 0.0916. The Bertz CT molecular complexity index is 1330. The van der Waals surface area contributed by atoms with Crippen molar-refractivity contribution in [1.82, 2.24) is 9.62 Å². The number of aryl methyl sites for hydroxylation is 1. The van der Waals surface area contributed by atoms with Crippen LogP contribution in [0.3, 0.4) is 0 Å². The summed E-state index contributed by atoms with van der Waals surface area (Å²) in [6.45, 7) is 8.29. The molecule has 11 nitrogen and oxygen atoms in total. The molecular formula is C33H50N4O7S. The van der Waals surface area contributed by atoms with E-state index in [2.05, 4.69) is 12.2 Å². The van der Waals surface area contributed by atoms with Crippen molar-refractivity contribution < 1.29 is 32.3 Å². The molecule has 45 heavy (non-hydrogen) atoms. The zero-order chi connectivity index (χ0) is 32.9. The van der Waals surface area contributed by atoms with Gasteiger partial charge in [-0.3, -0.25) is 19.4 Å². The number of hydrogen-bond acceptors (Lipinski definition) is 8. The number of ether oxygens (including phenoxy) is 2. The number of nitrogens with zero attached hydrogens (tertiary/aromatic N) is 3. The number of anilines is 1. The number of esters is 1. The van der Waals surface area contributed by atoms with Crippen LogP contribution in [0.25, 0.3) is 6.08 Å². The van der Waals surface area contributed by atoms with Gasteiger partial charge in [-0.1, -0.05) is 51.5 Å². The second-order valence-corrected chi connectivity index (χ2v) is 13.6. The number of carbonyl (C=O) groups excluding carboxylic acids is 3. The number of unbranched alkanes of at least 4 members (excludes halogenated alkanes) is 6. The zero-order valence-electron chi connectivity index (χ0n) is 27.3. The third kappa shape index (κ3) is 11.0. The van der Waals surface area contributed by atoms with Crippen molar-refractivity contribution in [1.29, 1.82) is 0 Å². The summed E-state index contributed by atoms with van der Waals surface area (Å²) in [5, 5.41) is 4.16. The van der Waals surface area contributed by atoms with Gasteiger partial charge in [0.2, 0.25) is 15.9 Å². The number of rotatable bonds is 18. The van der Waals surface area contributed by atoms with E-state index in [1.165, 1.54) is 55.7 Å². The monoisotopic (exact) mass is 646 g/mol. The van der Waals surface area contributed by atoms with Crippen LogP contribution in [-0.2, 0) is 33.9 Å². The van der Waals surface area contributed by atoms with E-state index in [1.807, 2.05) is 13.0 Å². The average Bonchev–Trinajstić information content (AvgIpc) is 3.29. The molecule has 1 spiro atoms. The number of carbonyl (C=O) groups is 3.